The molecule has 3 aromatic rings. The van der Waals surface area contributed by atoms with Crippen LogP contribution in [0.3, 0.4) is 0 Å². The van der Waals surface area contributed by atoms with Crippen molar-refractivity contribution in [3.63, 3.8) is 0 Å². The van der Waals surface area contributed by atoms with Gasteiger partial charge in [0.15, 0.2) is 0 Å². The Morgan fingerprint density at radius 2 is 1.92 bits per heavy atom. The summed E-state index contributed by atoms with van der Waals surface area (Å²) in [5.41, 5.74) is 1.27. The minimum absolute atomic E-state index is 0.254. The van der Waals surface area contributed by atoms with Gasteiger partial charge in [0.1, 0.15) is 17.3 Å². The quantitative estimate of drug-likeness (QED) is 0.687. The molecule has 0 spiro atoms. The third kappa shape index (κ3) is 2.08. The molecule has 6 nitrogen and oxygen atoms in total. The number of halogens is 3. The van der Waals surface area contributed by atoms with Crippen molar-refractivity contribution in [2.45, 2.75) is 12.7 Å². The largest absolute Gasteiger partial charge is 0.433 e. The lowest BCUT2D eigenvalue weighted by atomic mass is 10.0. The second-order valence-corrected chi connectivity index (χ2v) is 5.62. The smallest absolute Gasteiger partial charge is 0.333 e. The molecule has 4 heterocycles. The zero-order valence-electron chi connectivity index (χ0n) is 12.9. The zero-order chi connectivity index (χ0) is 17.1. The van der Waals surface area contributed by atoms with Gasteiger partial charge in [-0.05, 0) is 12.1 Å². The highest BCUT2D eigenvalue weighted by molar-refractivity contribution is 5.82. The average Bonchev–Trinajstić information content (AvgIpc) is 3.11. The van der Waals surface area contributed by atoms with Gasteiger partial charge in [0.05, 0.1) is 30.5 Å². The lowest BCUT2D eigenvalue weighted by Crippen LogP contribution is -2.26. The number of rotatable bonds is 1. The minimum atomic E-state index is -4.50. The van der Waals surface area contributed by atoms with Crippen molar-refractivity contribution in [3.05, 3.63) is 42.1 Å². The summed E-state index contributed by atoms with van der Waals surface area (Å²) in [5.74, 6) is 0.906. The van der Waals surface area contributed by atoms with E-state index in [1.165, 1.54) is 6.07 Å². The van der Waals surface area contributed by atoms with Gasteiger partial charge in [-0.2, -0.15) is 18.3 Å². The molecule has 0 fully saturated rings. The predicted molar refractivity (Wildman–Crippen MR) is 80.5 cm³/mol. The summed E-state index contributed by atoms with van der Waals surface area (Å²) in [6, 6.07) is 4.19. The van der Waals surface area contributed by atoms with Gasteiger partial charge in [0, 0.05) is 25.7 Å². The molecule has 24 heavy (non-hydrogen) atoms. The Kier molecular flexibility index (Phi) is 2.96. The number of hydrogen-bond acceptors (Lipinski definition) is 4. The second kappa shape index (κ2) is 4.83. The molecule has 1 aliphatic heterocycles. The maximum atomic E-state index is 13.1. The first-order valence-electron chi connectivity index (χ1n) is 7.20. The molecule has 0 saturated heterocycles. The lowest BCUT2D eigenvalue weighted by Gasteiger charge is -2.30. The molecule has 0 atom stereocenters. The van der Waals surface area contributed by atoms with Gasteiger partial charge in [0.25, 0.3) is 0 Å². The molecule has 0 aliphatic carbocycles. The Morgan fingerprint density at radius 3 is 2.58 bits per heavy atom. The number of aromatic nitrogens is 5. The van der Waals surface area contributed by atoms with Crippen LogP contribution in [0.2, 0.25) is 0 Å². The molecule has 0 bridgehead atoms. The van der Waals surface area contributed by atoms with Crippen LogP contribution in [0.15, 0.2) is 30.7 Å². The Morgan fingerprint density at radius 1 is 1.12 bits per heavy atom. The molecule has 0 radical (unpaired) electrons. The van der Waals surface area contributed by atoms with Crippen molar-refractivity contribution >= 4 is 11.6 Å². The van der Waals surface area contributed by atoms with Crippen LogP contribution in [0.4, 0.5) is 24.8 Å². The summed E-state index contributed by atoms with van der Waals surface area (Å²) < 4.78 is 42.7. The van der Waals surface area contributed by atoms with Gasteiger partial charge in [-0.1, -0.05) is 0 Å². The van der Waals surface area contributed by atoms with Crippen LogP contribution < -0.4 is 4.90 Å². The van der Waals surface area contributed by atoms with Gasteiger partial charge < -0.3 is 9.47 Å². The SMILES string of the molecule is Cn1cnc2c1-c1ccc(C(F)(F)F)nc1N(c1ccnn1C)C2. The fourth-order valence-corrected chi connectivity index (χ4v) is 2.98. The minimum Gasteiger partial charge on any atom is -0.333 e. The van der Waals surface area contributed by atoms with Gasteiger partial charge in [-0.15, -0.1) is 0 Å². The highest BCUT2D eigenvalue weighted by atomic mass is 19.4. The Labute approximate surface area is 135 Å². The number of aryl methyl sites for hydroxylation is 2. The molecule has 0 amide bonds. The third-order valence-corrected chi connectivity index (χ3v) is 4.07. The number of hydrogen-bond donors (Lipinski definition) is 0. The number of imidazole rings is 1. The summed E-state index contributed by atoms with van der Waals surface area (Å²) >= 11 is 0. The molecular formula is C15H13F3N6. The monoisotopic (exact) mass is 334 g/mol. The van der Waals surface area contributed by atoms with Crippen molar-refractivity contribution < 1.29 is 13.2 Å². The molecule has 0 N–H and O–H groups in total. The Balaban J connectivity index is 1.97. The van der Waals surface area contributed by atoms with Crippen molar-refractivity contribution in [1.29, 1.82) is 0 Å². The molecule has 0 saturated carbocycles. The first kappa shape index (κ1) is 14.7. The summed E-state index contributed by atoms with van der Waals surface area (Å²) in [6.45, 7) is 0.330. The second-order valence-electron chi connectivity index (χ2n) is 5.62. The standard InChI is InChI=1S/C15H13F3N6/c1-22-8-19-10-7-24(12-5-6-20-23(12)2)14-9(13(10)22)3-4-11(21-14)15(16,17)18/h3-6,8H,7H2,1-2H3. The molecule has 124 valence electrons. The van der Waals surface area contributed by atoms with E-state index in [2.05, 4.69) is 15.1 Å². The van der Waals surface area contributed by atoms with Crippen LogP contribution in [0.1, 0.15) is 11.4 Å². The van der Waals surface area contributed by atoms with Gasteiger partial charge in [0.2, 0.25) is 0 Å². The summed E-state index contributed by atoms with van der Waals surface area (Å²) in [4.78, 5) is 9.96. The van der Waals surface area contributed by atoms with Crippen LogP contribution in [0.5, 0.6) is 0 Å². The van der Waals surface area contributed by atoms with E-state index in [9.17, 15) is 13.2 Å². The topological polar surface area (TPSA) is 51.8 Å². The summed E-state index contributed by atoms with van der Waals surface area (Å²) in [6.07, 6.45) is -1.25. The highest BCUT2D eigenvalue weighted by Gasteiger charge is 2.36. The van der Waals surface area contributed by atoms with Crippen LogP contribution in [-0.4, -0.2) is 24.3 Å². The van der Waals surface area contributed by atoms with Crippen molar-refractivity contribution in [1.82, 2.24) is 24.3 Å². The lowest BCUT2D eigenvalue weighted by molar-refractivity contribution is -0.141. The van der Waals surface area contributed by atoms with Crippen LogP contribution in [0, 0.1) is 0 Å². The van der Waals surface area contributed by atoms with E-state index in [1.807, 2.05) is 7.05 Å². The number of alkyl halides is 3. The van der Waals surface area contributed by atoms with Crippen molar-refractivity contribution in [2.75, 3.05) is 4.90 Å². The van der Waals surface area contributed by atoms with Crippen LogP contribution in [0.25, 0.3) is 11.3 Å². The maximum absolute atomic E-state index is 13.1. The van der Waals surface area contributed by atoms with Crippen molar-refractivity contribution in [2.24, 2.45) is 14.1 Å². The maximum Gasteiger partial charge on any atom is 0.433 e. The van der Waals surface area contributed by atoms with Crippen LogP contribution in [-0.2, 0) is 26.8 Å². The van der Waals surface area contributed by atoms with E-state index in [0.29, 0.717) is 17.9 Å². The van der Waals surface area contributed by atoms with E-state index in [0.717, 1.165) is 17.5 Å². The van der Waals surface area contributed by atoms with Crippen LogP contribution >= 0.6 is 0 Å². The fraction of sp³-hybridized carbons (Fsp3) is 0.267. The molecule has 4 rings (SSSR count). The van der Waals surface area contributed by atoms with E-state index in [1.54, 1.807) is 39.8 Å². The number of anilines is 2. The summed E-state index contributed by atoms with van der Waals surface area (Å²) in [5, 5.41) is 4.10. The molecule has 3 aromatic heterocycles. The average molecular weight is 334 g/mol. The first-order chi connectivity index (χ1) is 11.4. The Hall–Kier alpha value is -2.84. The number of nitrogens with zero attached hydrogens (tertiary/aromatic N) is 6. The normalized spacial score (nSPS) is 13.8. The first-order valence-corrected chi connectivity index (χ1v) is 7.20. The van der Waals surface area contributed by atoms with Gasteiger partial charge in [-0.25, -0.2) is 9.97 Å². The highest BCUT2D eigenvalue weighted by Crippen LogP contribution is 2.42. The molecule has 1 aliphatic rings. The number of pyridine rings is 1. The van der Waals surface area contributed by atoms with E-state index < -0.39 is 11.9 Å². The van der Waals surface area contributed by atoms with Gasteiger partial charge in [-0.3, -0.25) is 4.68 Å². The van der Waals surface area contributed by atoms with Crippen molar-refractivity contribution in [3.8, 4) is 11.3 Å². The molecular weight excluding hydrogens is 321 g/mol. The zero-order valence-corrected chi connectivity index (χ0v) is 12.9. The Bertz CT molecular complexity index is 924. The predicted octanol–water partition coefficient (Wildman–Crippen LogP) is 2.89. The summed E-state index contributed by atoms with van der Waals surface area (Å²) in [7, 11) is 3.55. The molecule has 9 heteroatoms. The fourth-order valence-electron chi connectivity index (χ4n) is 2.98. The van der Waals surface area contributed by atoms with E-state index in [4.69, 9.17) is 0 Å². The molecule has 0 unspecified atom stereocenters. The van der Waals surface area contributed by atoms with E-state index in [-0.39, 0.29) is 5.82 Å². The van der Waals surface area contributed by atoms with E-state index >= 15 is 0 Å². The molecule has 0 aromatic carbocycles. The number of fused-ring (bicyclic) bond motifs is 3. The van der Waals surface area contributed by atoms with Gasteiger partial charge >= 0.3 is 6.18 Å². The third-order valence-electron chi connectivity index (χ3n) is 4.07.